The number of hydrogen-bond donors (Lipinski definition) is 1. The van der Waals surface area contributed by atoms with Crippen LogP contribution in [-0.4, -0.2) is 12.6 Å². The van der Waals surface area contributed by atoms with Crippen LogP contribution in [0.25, 0.3) is 0 Å². The quantitative estimate of drug-likeness (QED) is 0.601. The number of carbonyl (C=O) groups excluding carboxylic acids is 1. The molecule has 1 spiro atoms. The third-order valence-electron chi connectivity index (χ3n) is 3.70. The molecule has 4 heteroatoms. The fourth-order valence-corrected chi connectivity index (χ4v) is 2.62. The third-order valence-corrected chi connectivity index (χ3v) is 3.70. The molecule has 13 heavy (non-hydrogen) atoms. The molecular weight excluding hydrogens is 163 g/mol. The maximum absolute atomic E-state index is 10.9. The molecule has 1 saturated heterocycles. The van der Waals surface area contributed by atoms with Gasteiger partial charge in [-0.2, -0.15) is 0 Å². The van der Waals surface area contributed by atoms with Crippen LogP contribution >= 0.6 is 0 Å². The summed E-state index contributed by atoms with van der Waals surface area (Å²) in [5.41, 5.74) is 5.49. The highest BCUT2D eigenvalue weighted by atomic mass is 16.1. The normalized spacial score (nSPS) is 29.8. The molecule has 2 aliphatic rings. The van der Waals surface area contributed by atoms with Crippen LogP contribution < -0.4 is 5.73 Å². The SMILES string of the molecule is N#CB1CCC2(CC1)CC2C(N)=O. The molecule has 0 radical (unpaired) electrons. The molecule has 2 N–H and O–H groups in total. The molecule has 1 heterocycles. The fraction of sp³-hybridized carbons (Fsp3) is 0.778. The second-order valence-corrected chi connectivity index (χ2v) is 4.42. The van der Waals surface area contributed by atoms with E-state index < -0.39 is 0 Å². The Balaban J connectivity index is 1.94. The van der Waals surface area contributed by atoms with Crippen LogP contribution in [0.3, 0.4) is 0 Å². The molecule has 1 atom stereocenters. The molecule has 1 aliphatic heterocycles. The summed E-state index contributed by atoms with van der Waals surface area (Å²) in [6.07, 6.45) is 4.94. The van der Waals surface area contributed by atoms with E-state index in [9.17, 15) is 4.79 Å². The monoisotopic (exact) mass is 176 g/mol. The summed E-state index contributed by atoms with van der Waals surface area (Å²) >= 11 is 0. The minimum Gasteiger partial charge on any atom is -0.369 e. The van der Waals surface area contributed by atoms with E-state index in [0.717, 1.165) is 31.9 Å². The van der Waals surface area contributed by atoms with Crippen LogP contribution in [0.1, 0.15) is 19.3 Å². The van der Waals surface area contributed by atoms with Gasteiger partial charge in [-0.3, -0.25) is 4.79 Å². The molecule has 0 bridgehead atoms. The van der Waals surface area contributed by atoms with Gasteiger partial charge in [-0.1, -0.05) is 25.5 Å². The first-order chi connectivity index (χ1) is 6.18. The van der Waals surface area contributed by atoms with Crippen LogP contribution in [0.4, 0.5) is 0 Å². The Bertz CT molecular complexity index is 276. The topological polar surface area (TPSA) is 66.9 Å². The third kappa shape index (κ3) is 1.33. The average Bonchev–Trinajstić information content (AvgIpc) is 2.82. The van der Waals surface area contributed by atoms with Crippen molar-refractivity contribution in [3.05, 3.63) is 0 Å². The predicted octanol–water partition coefficient (Wildman–Crippen LogP) is 0.829. The van der Waals surface area contributed by atoms with E-state index in [2.05, 4.69) is 5.97 Å². The summed E-state index contributed by atoms with van der Waals surface area (Å²) in [6.45, 7) is 0.222. The van der Waals surface area contributed by atoms with Gasteiger partial charge in [0.2, 0.25) is 5.91 Å². The van der Waals surface area contributed by atoms with Gasteiger partial charge >= 0.3 is 0 Å². The highest BCUT2D eigenvalue weighted by Crippen LogP contribution is 2.61. The van der Waals surface area contributed by atoms with Gasteiger partial charge < -0.3 is 5.73 Å². The van der Waals surface area contributed by atoms with E-state index in [0.29, 0.717) is 0 Å². The Labute approximate surface area is 78.4 Å². The van der Waals surface area contributed by atoms with E-state index in [1.165, 1.54) is 0 Å². The lowest BCUT2D eigenvalue weighted by Gasteiger charge is -2.23. The van der Waals surface area contributed by atoms with Crippen molar-refractivity contribution in [2.24, 2.45) is 17.1 Å². The molecule has 1 unspecified atom stereocenters. The van der Waals surface area contributed by atoms with Gasteiger partial charge in [-0.15, -0.1) is 0 Å². The Hall–Kier alpha value is -0.975. The predicted molar refractivity (Wildman–Crippen MR) is 49.9 cm³/mol. The van der Waals surface area contributed by atoms with Gasteiger partial charge in [0, 0.05) is 11.9 Å². The summed E-state index contributed by atoms with van der Waals surface area (Å²) in [7, 11) is 0. The fourth-order valence-electron chi connectivity index (χ4n) is 2.62. The first kappa shape index (κ1) is 8.62. The molecule has 0 aromatic heterocycles. The molecule has 1 amide bonds. The molecule has 68 valence electrons. The summed E-state index contributed by atoms with van der Waals surface area (Å²) in [5, 5.41) is 8.72. The Morgan fingerprint density at radius 1 is 1.54 bits per heavy atom. The van der Waals surface area contributed by atoms with Crippen LogP contribution in [0.15, 0.2) is 0 Å². The lowest BCUT2D eigenvalue weighted by molar-refractivity contribution is -0.120. The van der Waals surface area contributed by atoms with Gasteiger partial charge in [0.15, 0.2) is 0 Å². The Kier molecular flexibility index (Phi) is 1.83. The second-order valence-electron chi connectivity index (χ2n) is 4.42. The molecule has 1 aliphatic carbocycles. The van der Waals surface area contributed by atoms with Crippen molar-refractivity contribution < 1.29 is 4.79 Å². The van der Waals surface area contributed by atoms with E-state index >= 15 is 0 Å². The van der Waals surface area contributed by atoms with E-state index in [1.807, 2.05) is 0 Å². The number of nitriles is 1. The highest BCUT2D eigenvalue weighted by Gasteiger charge is 2.58. The average molecular weight is 176 g/mol. The van der Waals surface area contributed by atoms with Crippen molar-refractivity contribution in [1.29, 1.82) is 5.26 Å². The van der Waals surface area contributed by atoms with E-state index in [-0.39, 0.29) is 24.0 Å². The first-order valence-electron chi connectivity index (χ1n) is 4.87. The number of nitrogens with two attached hydrogens (primary N) is 1. The number of nitrogens with zero attached hydrogens (tertiary/aromatic N) is 1. The number of rotatable bonds is 1. The van der Waals surface area contributed by atoms with Crippen molar-refractivity contribution in [1.82, 2.24) is 0 Å². The first-order valence-corrected chi connectivity index (χ1v) is 4.87. The van der Waals surface area contributed by atoms with Gasteiger partial charge in [0.05, 0.1) is 0 Å². The maximum atomic E-state index is 10.9. The summed E-state index contributed by atoms with van der Waals surface area (Å²) < 4.78 is 0. The number of carbonyl (C=O) groups is 1. The van der Waals surface area contributed by atoms with Gasteiger partial charge in [-0.25, -0.2) is 5.26 Å². The summed E-state index contributed by atoms with van der Waals surface area (Å²) in [6, 6.07) is 0. The summed E-state index contributed by atoms with van der Waals surface area (Å²) in [4.78, 5) is 10.9. The van der Waals surface area contributed by atoms with Crippen LogP contribution in [-0.2, 0) is 4.79 Å². The molecule has 2 rings (SSSR count). The minimum atomic E-state index is -0.143. The second kappa shape index (κ2) is 2.76. The minimum absolute atomic E-state index is 0.118. The molecular formula is C9H13BN2O. The van der Waals surface area contributed by atoms with Crippen LogP contribution in [0.5, 0.6) is 0 Å². The molecule has 1 saturated carbocycles. The lowest BCUT2D eigenvalue weighted by atomic mass is 9.41. The van der Waals surface area contributed by atoms with E-state index in [4.69, 9.17) is 11.0 Å². The highest BCUT2D eigenvalue weighted by molar-refractivity contribution is 6.67. The van der Waals surface area contributed by atoms with Crippen molar-refractivity contribution in [3.8, 4) is 5.97 Å². The van der Waals surface area contributed by atoms with Gasteiger partial charge in [0.25, 0.3) is 6.71 Å². The molecule has 0 aromatic carbocycles. The number of hydrogen-bond acceptors (Lipinski definition) is 2. The zero-order valence-corrected chi connectivity index (χ0v) is 7.62. The summed E-state index contributed by atoms with van der Waals surface area (Å²) in [5.74, 6) is 2.27. The van der Waals surface area contributed by atoms with Crippen molar-refractivity contribution >= 4 is 12.6 Å². The lowest BCUT2D eigenvalue weighted by Crippen LogP contribution is -2.25. The van der Waals surface area contributed by atoms with E-state index in [1.54, 1.807) is 0 Å². The smallest absolute Gasteiger partial charge is 0.267 e. The number of amides is 1. The maximum Gasteiger partial charge on any atom is 0.267 e. The van der Waals surface area contributed by atoms with Crippen molar-refractivity contribution in [2.45, 2.75) is 31.9 Å². The van der Waals surface area contributed by atoms with Crippen molar-refractivity contribution in [3.63, 3.8) is 0 Å². The molecule has 2 fully saturated rings. The van der Waals surface area contributed by atoms with Gasteiger partial charge in [0.1, 0.15) is 0 Å². The number of primary amides is 1. The zero-order valence-electron chi connectivity index (χ0n) is 7.62. The van der Waals surface area contributed by atoms with Crippen LogP contribution in [0.2, 0.25) is 12.6 Å². The zero-order chi connectivity index (χ0) is 9.47. The van der Waals surface area contributed by atoms with Gasteiger partial charge in [-0.05, 0) is 11.8 Å². The Morgan fingerprint density at radius 2 is 2.15 bits per heavy atom. The largest absolute Gasteiger partial charge is 0.369 e. The van der Waals surface area contributed by atoms with Crippen LogP contribution in [0, 0.1) is 22.6 Å². The van der Waals surface area contributed by atoms with Crippen molar-refractivity contribution in [2.75, 3.05) is 0 Å². The Morgan fingerprint density at radius 3 is 2.54 bits per heavy atom. The molecule has 0 aromatic rings. The molecule has 3 nitrogen and oxygen atoms in total. The standard InChI is InChI=1S/C9H13BN2O/c11-6-10-3-1-9(2-4-10)5-7(9)8(12)13/h7H,1-5H2,(H2,12,13).